The second-order valence-electron chi connectivity index (χ2n) is 5.34. The van der Waals surface area contributed by atoms with Crippen LogP contribution >= 0.6 is 0 Å². The molecule has 0 amide bonds. The largest absolute Gasteiger partial charge is 0.464 e. The molecule has 4 heteroatoms. The molecule has 100 valence electrons. The molecule has 0 bridgehead atoms. The van der Waals surface area contributed by atoms with Crippen molar-refractivity contribution < 1.29 is 4.42 Å². The van der Waals surface area contributed by atoms with Gasteiger partial charge in [0.15, 0.2) is 0 Å². The van der Waals surface area contributed by atoms with Gasteiger partial charge in [-0.15, -0.1) is 0 Å². The molecule has 1 saturated carbocycles. The van der Waals surface area contributed by atoms with Crippen molar-refractivity contribution in [3.63, 3.8) is 0 Å². The van der Waals surface area contributed by atoms with Gasteiger partial charge in [-0.1, -0.05) is 6.92 Å². The minimum Gasteiger partial charge on any atom is -0.464 e. The fourth-order valence-electron chi connectivity index (χ4n) is 2.30. The number of pyridine rings is 1. The zero-order valence-corrected chi connectivity index (χ0v) is 11.2. The fraction of sp³-hybridized carbons (Fsp3) is 0.400. The third kappa shape index (κ3) is 2.57. The van der Waals surface area contributed by atoms with Crippen LogP contribution in [0.1, 0.15) is 30.8 Å². The molecule has 2 heterocycles. The van der Waals surface area contributed by atoms with E-state index in [9.17, 15) is 4.79 Å². The van der Waals surface area contributed by atoms with Crippen molar-refractivity contribution >= 4 is 5.69 Å². The molecule has 0 saturated heterocycles. The number of rotatable bonds is 4. The van der Waals surface area contributed by atoms with Gasteiger partial charge in [0.05, 0.1) is 12.2 Å². The summed E-state index contributed by atoms with van der Waals surface area (Å²) in [5.74, 6) is 3.41. The molecular formula is C15H18N2O2. The van der Waals surface area contributed by atoms with Gasteiger partial charge < -0.3 is 14.3 Å². The molecule has 1 fully saturated rings. The normalized spacial score (nSPS) is 21.4. The lowest BCUT2D eigenvalue weighted by Gasteiger charge is -2.05. The van der Waals surface area contributed by atoms with Crippen molar-refractivity contribution in [2.75, 3.05) is 5.32 Å². The second kappa shape index (κ2) is 4.61. The average Bonchev–Trinajstić information content (AvgIpc) is 2.94. The maximum absolute atomic E-state index is 11.3. The summed E-state index contributed by atoms with van der Waals surface area (Å²) in [5, 5.41) is 3.26. The summed E-state index contributed by atoms with van der Waals surface area (Å²) in [6, 6.07) is 7.44. The summed E-state index contributed by atoms with van der Waals surface area (Å²) in [5.41, 5.74) is 0.911. The molecule has 2 atom stereocenters. The molecule has 1 N–H and O–H groups in total. The molecule has 2 aromatic rings. The Bertz CT molecular complexity index is 642. The van der Waals surface area contributed by atoms with Crippen molar-refractivity contribution in [2.24, 2.45) is 13.0 Å². The number of hydrogen-bond donors (Lipinski definition) is 1. The van der Waals surface area contributed by atoms with Gasteiger partial charge >= 0.3 is 0 Å². The number of aromatic nitrogens is 1. The monoisotopic (exact) mass is 258 g/mol. The Morgan fingerprint density at radius 3 is 2.84 bits per heavy atom. The van der Waals surface area contributed by atoms with E-state index in [4.69, 9.17) is 4.42 Å². The van der Waals surface area contributed by atoms with Crippen LogP contribution in [0, 0.1) is 5.92 Å². The Hall–Kier alpha value is -1.97. The highest BCUT2D eigenvalue weighted by Crippen LogP contribution is 2.47. The summed E-state index contributed by atoms with van der Waals surface area (Å²) in [4.78, 5) is 11.3. The lowest BCUT2D eigenvalue weighted by Crippen LogP contribution is -2.15. The van der Waals surface area contributed by atoms with Crippen molar-refractivity contribution in [1.29, 1.82) is 0 Å². The predicted molar refractivity (Wildman–Crippen MR) is 74.2 cm³/mol. The van der Waals surface area contributed by atoms with Gasteiger partial charge in [-0.05, 0) is 30.5 Å². The molecular weight excluding hydrogens is 240 g/mol. The highest BCUT2D eigenvalue weighted by molar-refractivity contribution is 5.40. The minimum absolute atomic E-state index is 0.00597. The maximum atomic E-state index is 11.3. The van der Waals surface area contributed by atoms with Crippen LogP contribution in [0.5, 0.6) is 0 Å². The second-order valence-corrected chi connectivity index (χ2v) is 5.34. The van der Waals surface area contributed by atoms with Crippen LogP contribution in [0.2, 0.25) is 0 Å². The Labute approximate surface area is 112 Å². The van der Waals surface area contributed by atoms with Crippen LogP contribution in [0.25, 0.3) is 0 Å². The molecule has 19 heavy (non-hydrogen) atoms. The Balaban J connectivity index is 1.64. The predicted octanol–water partition coefficient (Wildman–Crippen LogP) is 2.71. The number of nitrogens with zero attached hydrogens (tertiary/aromatic N) is 1. The van der Waals surface area contributed by atoms with Gasteiger partial charge in [0.2, 0.25) is 5.56 Å². The van der Waals surface area contributed by atoms with Gasteiger partial charge in [-0.25, -0.2) is 0 Å². The van der Waals surface area contributed by atoms with Gasteiger partial charge in [0, 0.05) is 25.2 Å². The van der Waals surface area contributed by atoms with E-state index in [1.54, 1.807) is 29.9 Å². The maximum Gasteiger partial charge on any atom is 0.250 e. The molecule has 0 aliphatic heterocycles. The third-order valence-corrected chi connectivity index (χ3v) is 3.71. The van der Waals surface area contributed by atoms with E-state index in [1.165, 1.54) is 6.42 Å². The van der Waals surface area contributed by atoms with E-state index in [-0.39, 0.29) is 5.56 Å². The third-order valence-electron chi connectivity index (χ3n) is 3.71. The summed E-state index contributed by atoms with van der Waals surface area (Å²) in [6.45, 7) is 2.88. The van der Waals surface area contributed by atoms with Crippen LogP contribution in [0.3, 0.4) is 0 Å². The quantitative estimate of drug-likeness (QED) is 0.917. The first-order valence-corrected chi connectivity index (χ1v) is 6.62. The molecule has 4 nitrogen and oxygen atoms in total. The first-order chi connectivity index (χ1) is 9.13. The van der Waals surface area contributed by atoms with Gasteiger partial charge in [0.1, 0.15) is 11.5 Å². The fourth-order valence-corrected chi connectivity index (χ4v) is 2.30. The Morgan fingerprint density at radius 2 is 2.16 bits per heavy atom. The highest BCUT2D eigenvalue weighted by atomic mass is 16.3. The molecule has 0 radical (unpaired) electrons. The van der Waals surface area contributed by atoms with E-state index < -0.39 is 0 Å². The molecule has 2 aromatic heterocycles. The minimum atomic E-state index is -0.00597. The standard InChI is InChI=1S/C15H18N2O2/c1-10-7-13(10)14-5-4-12(19-14)8-16-11-3-6-15(18)17(2)9-11/h3-6,9-10,13,16H,7-8H2,1-2H3. The number of aryl methyl sites for hydroxylation is 1. The van der Waals surface area contributed by atoms with Crippen molar-refractivity contribution in [3.8, 4) is 0 Å². The van der Waals surface area contributed by atoms with Crippen molar-refractivity contribution in [3.05, 3.63) is 52.3 Å². The Morgan fingerprint density at radius 1 is 1.37 bits per heavy atom. The zero-order valence-electron chi connectivity index (χ0n) is 11.2. The van der Waals surface area contributed by atoms with Crippen molar-refractivity contribution in [2.45, 2.75) is 25.8 Å². The molecule has 1 aliphatic rings. The molecule has 0 spiro atoms. The number of hydrogen-bond acceptors (Lipinski definition) is 3. The summed E-state index contributed by atoms with van der Waals surface area (Å²) >= 11 is 0. The highest BCUT2D eigenvalue weighted by Gasteiger charge is 2.36. The van der Waals surface area contributed by atoms with Gasteiger partial charge in [0.25, 0.3) is 0 Å². The Kier molecular flexibility index (Phi) is 2.93. The molecule has 2 unspecified atom stereocenters. The smallest absolute Gasteiger partial charge is 0.250 e. The van der Waals surface area contributed by atoms with Crippen LogP contribution in [-0.4, -0.2) is 4.57 Å². The number of furan rings is 1. The lowest BCUT2D eigenvalue weighted by atomic mass is 10.3. The van der Waals surface area contributed by atoms with Crippen LogP contribution < -0.4 is 10.9 Å². The van der Waals surface area contributed by atoms with Crippen molar-refractivity contribution in [1.82, 2.24) is 4.57 Å². The number of nitrogens with one attached hydrogen (secondary N) is 1. The molecule has 0 aromatic carbocycles. The van der Waals surface area contributed by atoms with Crippen LogP contribution in [0.15, 0.2) is 39.7 Å². The first-order valence-electron chi connectivity index (χ1n) is 6.62. The summed E-state index contributed by atoms with van der Waals surface area (Å²) < 4.78 is 7.38. The van der Waals surface area contributed by atoms with E-state index in [1.807, 2.05) is 6.07 Å². The SMILES string of the molecule is CC1CC1c1ccc(CNc2ccc(=O)n(C)c2)o1. The van der Waals surface area contributed by atoms with Gasteiger partial charge in [-0.2, -0.15) is 0 Å². The van der Waals surface area contributed by atoms with E-state index in [2.05, 4.69) is 18.3 Å². The van der Waals surface area contributed by atoms with E-state index >= 15 is 0 Å². The zero-order chi connectivity index (χ0) is 13.4. The average molecular weight is 258 g/mol. The summed E-state index contributed by atoms with van der Waals surface area (Å²) in [7, 11) is 1.74. The summed E-state index contributed by atoms with van der Waals surface area (Å²) in [6.07, 6.45) is 3.02. The topological polar surface area (TPSA) is 47.2 Å². The first kappa shape index (κ1) is 12.1. The molecule has 3 rings (SSSR count). The van der Waals surface area contributed by atoms with E-state index in [0.29, 0.717) is 12.5 Å². The van der Waals surface area contributed by atoms with Gasteiger partial charge in [-0.3, -0.25) is 4.79 Å². The lowest BCUT2D eigenvalue weighted by molar-refractivity contribution is 0.468. The van der Waals surface area contributed by atoms with Crippen LogP contribution in [-0.2, 0) is 13.6 Å². The van der Waals surface area contributed by atoms with Crippen LogP contribution in [0.4, 0.5) is 5.69 Å². The molecule has 1 aliphatic carbocycles. The number of anilines is 1. The van der Waals surface area contributed by atoms with E-state index in [0.717, 1.165) is 23.1 Å².